The van der Waals surface area contributed by atoms with Crippen LogP contribution < -0.4 is 15.0 Å². The van der Waals surface area contributed by atoms with Gasteiger partial charge in [0.2, 0.25) is 0 Å². The van der Waals surface area contributed by atoms with Crippen LogP contribution in [0.25, 0.3) is 0 Å². The van der Waals surface area contributed by atoms with Crippen LogP contribution in [0.2, 0.25) is 0 Å². The van der Waals surface area contributed by atoms with E-state index in [0.717, 1.165) is 49.4 Å². The number of ether oxygens (including phenoxy) is 1. The van der Waals surface area contributed by atoms with Crippen molar-refractivity contribution in [2.75, 3.05) is 44.7 Å². The summed E-state index contributed by atoms with van der Waals surface area (Å²) in [4.78, 5) is 15.1. The Bertz CT molecular complexity index is 737. The maximum Gasteiger partial charge on any atom is 0.194 e. The van der Waals surface area contributed by atoms with Gasteiger partial charge in [0.25, 0.3) is 0 Å². The largest absolute Gasteiger partial charge is 0.497 e. The van der Waals surface area contributed by atoms with Crippen molar-refractivity contribution in [2.45, 2.75) is 20.4 Å². The van der Waals surface area contributed by atoms with Crippen molar-refractivity contribution in [3.63, 3.8) is 0 Å². The number of guanidine groups is 1. The molecule has 140 valence electrons. The molecule has 0 amide bonds. The number of hydrogen-bond donors (Lipinski definition) is 1. The fourth-order valence-corrected chi connectivity index (χ4v) is 3.76. The number of thiazole rings is 1. The SMILES string of the molecule is CCNC(=NCc1cnc(C)s1)N1CCN(c2cccc(OC)c2)CC1. The van der Waals surface area contributed by atoms with Gasteiger partial charge in [0.05, 0.1) is 18.7 Å². The number of hydrogen-bond acceptors (Lipinski definition) is 5. The van der Waals surface area contributed by atoms with Gasteiger partial charge >= 0.3 is 0 Å². The molecule has 26 heavy (non-hydrogen) atoms. The highest BCUT2D eigenvalue weighted by Gasteiger charge is 2.20. The first-order chi connectivity index (χ1) is 12.7. The Labute approximate surface area is 159 Å². The topological polar surface area (TPSA) is 53.0 Å². The minimum atomic E-state index is 0.684. The number of benzene rings is 1. The van der Waals surface area contributed by atoms with E-state index in [1.807, 2.05) is 25.3 Å². The molecule has 0 saturated carbocycles. The van der Waals surface area contributed by atoms with Crippen molar-refractivity contribution >= 4 is 23.0 Å². The number of aryl methyl sites for hydroxylation is 1. The van der Waals surface area contributed by atoms with Gasteiger partial charge in [-0.05, 0) is 26.0 Å². The highest BCUT2D eigenvalue weighted by atomic mass is 32.1. The first-order valence-electron chi connectivity index (χ1n) is 9.03. The summed E-state index contributed by atoms with van der Waals surface area (Å²) in [6.07, 6.45) is 1.92. The maximum atomic E-state index is 5.34. The van der Waals surface area contributed by atoms with E-state index >= 15 is 0 Å². The standard InChI is InChI=1S/C19H27N5OS/c1-4-20-19(22-14-18-13-21-15(2)26-18)24-10-8-23(9-11-24)16-6-5-7-17(12-16)25-3/h5-7,12-13H,4,8-11,14H2,1-3H3,(H,20,22). The molecule has 1 saturated heterocycles. The van der Waals surface area contributed by atoms with Gasteiger partial charge in [-0.25, -0.2) is 9.98 Å². The molecule has 2 aromatic rings. The summed E-state index contributed by atoms with van der Waals surface area (Å²) in [5.74, 6) is 1.89. The number of piperazine rings is 1. The summed E-state index contributed by atoms with van der Waals surface area (Å²) in [6, 6.07) is 8.27. The van der Waals surface area contributed by atoms with Gasteiger partial charge in [0, 0.05) is 55.6 Å². The smallest absolute Gasteiger partial charge is 0.194 e. The molecule has 7 heteroatoms. The van der Waals surface area contributed by atoms with Crippen LogP contribution in [0.15, 0.2) is 35.5 Å². The Morgan fingerprint density at radius 1 is 1.31 bits per heavy atom. The molecule has 1 aromatic carbocycles. The van der Waals surface area contributed by atoms with Crippen LogP contribution in [0.3, 0.4) is 0 Å². The van der Waals surface area contributed by atoms with E-state index < -0.39 is 0 Å². The molecular weight excluding hydrogens is 346 g/mol. The quantitative estimate of drug-likeness (QED) is 0.645. The van der Waals surface area contributed by atoms with E-state index in [1.165, 1.54) is 10.6 Å². The molecule has 1 N–H and O–H groups in total. The summed E-state index contributed by atoms with van der Waals surface area (Å²) in [5.41, 5.74) is 1.21. The predicted molar refractivity (Wildman–Crippen MR) is 108 cm³/mol. The first kappa shape index (κ1) is 18.5. The molecule has 6 nitrogen and oxygen atoms in total. The lowest BCUT2D eigenvalue weighted by Gasteiger charge is -2.37. The Kier molecular flexibility index (Phi) is 6.33. The zero-order valence-electron chi connectivity index (χ0n) is 15.7. The summed E-state index contributed by atoms with van der Waals surface area (Å²) >= 11 is 1.71. The molecule has 0 atom stereocenters. The first-order valence-corrected chi connectivity index (χ1v) is 9.85. The van der Waals surface area contributed by atoms with Crippen molar-refractivity contribution in [3.05, 3.63) is 40.3 Å². The van der Waals surface area contributed by atoms with E-state index in [0.29, 0.717) is 6.54 Å². The Morgan fingerprint density at radius 2 is 2.12 bits per heavy atom. The number of nitrogens with zero attached hydrogens (tertiary/aromatic N) is 4. The van der Waals surface area contributed by atoms with Crippen LogP contribution >= 0.6 is 11.3 Å². The number of nitrogens with one attached hydrogen (secondary N) is 1. The molecule has 0 spiro atoms. The van der Waals surface area contributed by atoms with Gasteiger partial charge in [-0.15, -0.1) is 11.3 Å². The van der Waals surface area contributed by atoms with Gasteiger partial charge in [-0.1, -0.05) is 6.07 Å². The van der Waals surface area contributed by atoms with E-state index in [1.54, 1.807) is 18.4 Å². The fourth-order valence-electron chi connectivity index (χ4n) is 3.04. The zero-order valence-corrected chi connectivity index (χ0v) is 16.6. The molecule has 1 aromatic heterocycles. The van der Waals surface area contributed by atoms with Crippen LogP contribution in [0.5, 0.6) is 5.75 Å². The lowest BCUT2D eigenvalue weighted by Crippen LogP contribution is -2.52. The molecule has 0 aliphatic carbocycles. The highest BCUT2D eigenvalue weighted by Crippen LogP contribution is 2.22. The molecule has 0 bridgehead atoms. The number of aliphatic imine (C=N–C) groups is 1. The Morgan fingerprint density at radius 3 is 2.77 bits per heavy atom. The normalized spacial score (nSPS) is 15.3. The van der Waals surface area contributed by atoms with Crippen LogP contribution in [0, 0.1) is 6.92 Å². The molecular formula is C19H27N5OS. The minimum absolute atomic E-state index is 0.684. The van der Waals surface area contributed by atoms with Gasteiger partial charge < -0.3 is 19.9 Å². The molecule has 0 unspecified atom stereocenters. The second-order valence-electron chi connectivity index (χ2n) is 6.19. The number of aromatic nitrogens is 1. The summed E-state index contributed by atoms with van der Waals surface area (Å²) in [6.45, 7) is 9.53. The van der Waals surface area contributed by atoms with Crippen molar-refractivity contribution in [3.8, 4) is 5.75 Å². The van der Waals surface area contributed by atoms with Crippen LogP contribution in [-0.2, 0) is 6.54 Å². The molecule has 1 aliphatic heterocycles. The molecule has 2 heterocycles. The van der Waals surface area contributed by atoms with Gasteiger partial charge in [-0.2, -0.15) is 0 Å². The minimum Gasteiger partial charge on any atom is -0.497 e. The van der Waals surface area contributed by atoms with E-state index in [2.05, 4.69) is 39.2 Å². The Hall–Kier alpha value is -2.28. The van der Waals surface area contributed by atoms with Crippen molar-refractivity contribution < 1.29 is 4.74 Å². The lowest BCUT2D eigenvalue weighted by atomic mass is 10.2. The predicted octanol–water partition coefficient (Wildman–Crippen LogP) is 2.75. The average Bonchev–Trinajstić information content (AvgIpc) is 3.10. The van der Waals surface area contributed by atoms with Crippen LogP contribution in [0.4, 0.5) is 5.69 Å². The highest BCUT2D eigenvalue weighted by molar-refractivity contribution is 7.11. The fraction of sp³-hybridized carbons (Fsp3) is 0.474. The van der Waals surface area contributed by atoms with E-state index in [-0.39, 0.29) is 0 Å². The summed E-state index contributed by atoms with van der Waals surface area (Å²) < 4.78 is 5.34. The van der Waals surface area contributed by atoms with Crippen LogP contribution in [-0.4, -0.2) is 55.7 Å². The monoisotopic (exact) mass is 373 g/mol. The molecule has 3 rings (SSSR count). The molecule has 1 aliphatic rings. The number of rotatable bonds is 5. The summed E-state index contributed by atoms with van der Waals surface area (Å²) in [5, 5.41) is 4.51. The van der Waals surface area contributed by atoms with E-state index in [4.69, 9.17) is 9.73 Å². The average molecular weight is 374 g/mol. The zero-order chi connectivity index (χ0) is 18.4. The van der Waals surface area contributed by atoms with Crippen molar-refractivity contribution in [1.29, 1.82) is 0 Å². The number of anilines is 1. The molecule has 0 radical (unpaired) electrons. The number of methoxy groups -OCH3 is 1. The van der Waals surface area contributed by atoms with Crippen molar-refractivity contribution in [1.82, 2.24) is 15.2 Å². The maximum absolute atomic E-state index is 5.34. The van der Waals surface area contributed by atoms with Crippen molar-refractivity contribution in [2.24, 2.45) is 4.99 Å². The van der Waals surface area contributed by atoms with Gasteiger partial charge in [0.1, 0.15) is 5.75 Å². The summed E-state index contributed by atoms with van der Waals surface area (Å²) in [7, 11) is 1.71. The second kappa shape index (κ2) is 8.89. The molecule has 1 fully saturated rings. The second-order valence-corrected chi connectivity index (χ2v) is 7.51. The third-order valence-corrected chi connectivity index (χ3v) is 5.28. The van der Waals surface area contributed by atoms with Crippen LogP contribution in [0.1, 0.15) is 16.8 Å². The lowest BCUT2D eigenvalue weighted by molar-refractivity contribution is 0.372. The Balaban J connectivity index is 1.62. The third-order valence-electron chi connectivity index (χ3n) is 4.39. The van der Waals surface area contributed by atoms with E-state index in [9.17, 15) is 0 Å². The van der Waals surface area contributed by atoms with Gasteiger partial charge in [-0.3, -0.25) is 0 Å². The third kappa shape index (κ3) is 4.66. The van der Waals surface area contributed by atoms with Gasteiger partial charge in [0.15, 0.2) is 5.96 Å².